The molecule has 1 fully saturated rings. The van der Waals surface area contributed by atoms with Crippen molar-refractivity contribution in [3.63, 3.8) is 0 Å². The number of carboxylic acids is 1. The van der Waals surface area contributed by atoms with Gasteiger partial charge in [-0.1, -0.05) is 22.0 Å². The van der Waals surface area contributed by atoms with Gasteiger partial charge in [-0.05, 0) is 36.1 Å². The molecule has 0 spiro atoms. The molecule has 112 valence electrons. The Labute approximate surface area is 131 Å². The van der Waals surface area contributed by atoms with Crippen LogP contribution < -0.4 is 5.73 Å². The lowest BCUT2D eigenvalue weighted by molar-refractivity contribution is -0.137. The van der Waals surface area contributed by atoms with Gasteiger partial charge in [0.2, 0.25) is 0 Å². The molecule has 1 aromatic rings. The lowest BCUT2D eigenvalue weighted by Gasteiger charge is -2.32. The maximum absolute atomic E-state index is 10.8. The van der Waals surface area contributed by atoms with Crippen molar-refractivity contribution in [2.45, 2.75) is 30.7 Å². The van der Waals surface area contributed by atoms with Crippen molar-refractivity contribution in [2.75, 3.05) is 13.2 Å². The molecule has 3 N–H and O–H groups in total. The highest BCUT2D eigenvalue weighted by Gasteiger charge is 2.35. The molecule has 1 unspecified atom stereocenters. The Kier molecular flexibility index (Phi) is 4.99. The van der Waals surface area contributed by atoms with Crippen LogP contribution in [0.3, 0.4) is 0 Å². The Balaban J connectivity index is 2.38. The zero-order valence-electron chi connectivity index (χ0n) is 11.5. The predicted octanol–water partition coefficient (Wildman–Crippen LogP) is 2.50. The van der Waals surface area contributed by atoms with Gasteiger partial charge < -0.3 is 15.6 Å². The van der Waals surface area contributed by atoms with Crippen molar-refractivity contribution in [1.29, 1.82) is 5.26 Å². The number of rotatable bonds is 4. The fourth-order valence-electron chi connectivity index (χ4n) is 2.59. The molecule has 0 aliphatic carbocycles. The first-order valence-electron chi connectivity index (χ1n) is 6.74. The molecule has 1 aliphatic rings. The molecule has 1 saturated heterocycles. The first-order chi connectivity index (χ1) is 9.97. The van der Waals surface area contributed by atoms with Gasteiger partial charge in [-0.15, -0.1) is 0 Å². The van der Waals surface area contributed by atoms with Crippen LogP contribution in [-0.2, 0) is 14.9 Å². The summed E-state index contributed by atoms with van der Waals surface area (Å²) in [5, 5.41) is 18.5. The molecular formula is C15H17BrN2O3. The summed E-state index contributed by atoms with van der Waals surface area (Å²) in [6.07, 6.45) is 1.12. The van der Waals surface area contributed by atoms with E-state index in [1.54, 1.807) is 0 Å². The summed E-state index contributed by atoms with van der Waals surface area (Å²) < 4.78 is 6.15. The lowest BCUT2D eigenvalue weighted by Crippen LogP contribution is -2.32. The van der Waals surface area contributed by atoms with E-state index >= 15 is 0 Å². The smallest absolute Gasteiger partial charge is 0.305 e. The summed E-state index contributed by atoms with van der Waals surface area (Å²) in [4.78, 5) is 10.8. The number of carbonyl (C=O) groups is 1. The van der Waals surface area contributed by atoms with Crippen LogP contribution in [0.4, 0.5) is 0 Å². The van der Waals surface area contributed by atoms with E-state index in [1.165, 1.54) is 0 Å². The van der Waals surface area contributed by atoms with Gasteiger partial charge in [-0.2, -0.15) is 5.26 Å². The third kappa shape index (κ3) is 3.62. The van der Waals surface area contributed by atoms with Gasteiger partial charge in [0, 0.05) is 23.7 Å². The van der Waals surface area contributed by atoms with Crippen molar-refractivity contribution >= 4 is 21.9 Å². The quantitative estimate of drug-likeness (QED) is 0.867. The van der Waals surface area contributed by atoms with Crippen molar-refractivity contribution in [3.05, 3.63) is 33.8 Å². The standard InChI is InChI=1S/C15H17BrN2O3/c16-12-6-10(13(18)8-14(19)20)5-11(7-12)15(9-17)1-3-21-4-2-15/h5-7,13H,1-4,8,18H2,(H,19,20). The Hall–Kier alpha value is -1.42. The number of hydrogen-bond donors (Lipinski definition) is 2. The van der Waals surface area contributed by atoms with Gasteiger partial charge in [-0.25, -0.2) is 0 Å². The summed E-state index contributed by atoms with van der Waals surface area (Å²) in [5.41, 5.74) is 6.95. The molecule has 1 atom stereocenters. The van der Waals surface area contributed by atoms with Gasteiger partial charge in [0.05, 0.1) is 17.9 Å². The first kappa shape index (κ1) is 16.0. The number of carboxylic acid groups (broad SMARTS) is 1. The normalized spacial score (nSPS) is 18.7. The maximum atomic E-state index is 10.8. The monoisotopic (exact) mass is 352 g/mol. The van der Waals surface area contributed by atoms with Gasteiger partial charge >= 0.3 is 5.97 Å². The van der Waals surface area contributed by atoms with Crippen molar-refractivity contribution in [1.82, 2.24) is 0 Å². The second kappa shape index (κ2) is 6.56. The van der Waals surface area contributed by atoms with Crippen molar-refractivity contribution < 1.29 is 14.6 Å². The minimum absolute atomic E-state index is 0.140. The first-order valence-corrected chi connectivity index (χ1v) is 7.53. The number of nitrogens with zero attached hydrogens (tertiary/aromatic N) is 1. The minimum Gasteiger partial charge on any atom is -0.481 e. The molecule has 21 heavy (non-hydrogen) atoms. The van der Waals surface area contributed by atoms with E-state index in [4.69, 9.17) is 15.6 Å². The van der Waals surface area contributed by atoms with E-state index < -0.39 is 17.4 Å². The van der Waals surface area contributed by atoms with E-state index in [-0.39, 0.29) is 6.42 Å². The minimum atomic E-state index is -0.940. The molecule has 6 heteroatoms. The fourth-order valence-corrected chi connectivity index (χ4v) is 3.10. The predicted molar refractivity (Wildman–Crippen MR) is 80.7 cm³/mol. The lowest BCUT2D eigenvalue weighted by atomic mass is 9.75. The average Bonchev–Trinajstić information content (AvgIpc) is 2.46. The Morgan fingerprint density at radius 1 is 1.48 bits per heavy atom. The van der Waals surface area contributed by atoms with Gasteiger partial charge in [0.25, 0.3) is 0 Å². The van der Waals surface area contributed by atoms with E-state index in [1.807, 2.05) is 18.2 Å². The van der Waals surface area contributed by atoms with E-state index in [0.717, 1.165) is 15.6 Å². The van der Waals surface area contributed by atoms with E-state index in [9.17, 15) is 10.1 Å². The van der Waals surface area contributed by atoms with E-state index in [2.05, 4.69) is 22.0 Å². The van der Waals surface area contributed by atoms with E-state index in [0.29, 0.717) is 26.1 Å². The summed E-state index contributed by atoms with van der Waals surface area (Å²) in [6, 6.07) is 7.39. The molecule has 2 rings (SSSR count). The van der Waals surface area contributed by atoms with Crippen molar-refractivity contribution in [2.24, 2.45) is 5.73 Å². The summed E-state index contributed by atoms with van der Waals surface area (Å²) in [6.45, 7) is 1.10. The van der Waals surface area contributed by atoms with Crippen LogP contribution in [-0.4, -0.2) is 24.3 Å². The van der Waals surface area contributed by atoms with Crippen LogP contribution in [0.2, 0.25) is 0 Å². The molecule has 1 aliphatic heterocycles. The van der Waals surface area contributed by atoms with Gasteiger partial charge in [0.1, 0.15) is 0 Å². The Morgan fingerprint density at radius 3 is 2.71 bits per heavy atom. The second-order valence-electron chi connectivity index (χ2n) is 5.28. The second-order valence-corrected chi connectivity index (χ2v) is 6.20. The molecule has 0 amide bonds. The highest BCUT2D eigenvalue weighted by molar-refractivity contribution is 9.10. The zero-order valence-corrected chi connectivity index (χ0v) is 13.1. The Bertz CT molecular complexity index is 577. The molecule has 1 heterocycles. The summed E-state index contributed by atoms with van der Waals surface area (Å²) in [5.74, 6) is -0.940. The third-order valence-corrected chi connectivity index (χ3v) is 4.31. The third-order valence-electron chi connectivity index (χ3n) is 3.86. The van der Waals surface area contributed by atoms with Crippen molar-refractivity contribution in [3.8, 4) is 6.07 Å². The number of nitrogens with two attached hydrogens (primary N) is 1. The van der Waals surface area contributed by atoms with Crippen LogP contribution in [0.25, 0.3) is 0 Å². The van der Waals surface area contributed by atoms with Crippen LogP contribution in [0.1, 0.15) is 36.4 Å². The van der Waals surface area contributed by atoms with Gasteiger partial charge in [-0.3, -0.25) is 4.79 Å². The van der Waals surface area contributed by atoms with Crippen LogP contribution >= 0.6 is 15.9 Å². The zero-order chi connectivity index (χ0) is 15.5. The topological polar surface area (TPSA) is 96.3 Å². The number of aliphatic carboxylic acids is 1. The SMILES string of the molecule is N#CC1(c2cc(Br)cc(C(N)CC(=O)O)c2)CCOCC1. The Morgan fingerprint density at radius 2 is 2.14 bits per heavy atom. The molecule has 0 saturated carbocycles. The highest BCUT2D eigenvalue weighted by atomic mass is 79.9. The van der Waals surface area contributed by atoms with Gasteiger partial charge in [0.15, 0.2) is 0 Å². The molecule has 1 aromatic carbocycles. The van der Waals surface area contributed by atoms with Crippen LogP contribution in [0, 0.1) is 11.3 Å². The van der Waals surface area contributed by atoms with Crippen LogP contribution in [0.5, 0.6) is 0 Å². The summed E-state index contributed by atoms with van der Waals surface area (Å²) >= 11 is 3.42. The highest BCUT2D eigenvalue weighted by Crippen LogP contribution is 2.37. The maximum Gasteiger partial charge on any atom is 0.305 e. The number of hydrogen-bond acceptors (Lipinski definition) is 4. The van der Waals surface area contributed by atoms with Crippen LogP contribution in [0.15, 0.2) is 22.7 Å². The molecule has 0 aromatic heterocycles. The molecular weight excluding hydrogens is 336 g/mol. The molecule has 0 radical (unpaired) electrons. The molecule has 5 nitrogen and oxygen atoms in total. The molecule has 0 bridgehead atoms. The summed E-state index contributed by atoms with van der Waals surface area (Å²) in [7, 11) is 0. The number of ether oxygens (including phenoxy) is 1. The fraction of sp³-hybridized carbons (Fsp3) is 0.467. The number of benzene rings is 1. The average molecular weight is 353 g/mol. The number of nitriles is 1. The largest absolute Gasteiger partial charge is 0.481 e. The number of halogens is 1.